The number of nitrogens with zero attached hydrogens (tertiary/aromatic N) is 5. The van der Waals surface area contributed by atoms with E-state index in [4.69, 9.17) is 4.74 Å². The second-order valence-corrected chi connectivity index (χ2v) is 8.68. The minimum Gasteiger partial charge on any atom is -0.381 e. The Bertz CT molecular complexity index is 846. The average molecular weight is 398 g/mol. The van der Waals surface area contributed by atoms with Crippen LogP contribution in [0.1, 0.15) is 61.3 Å². The van der Waals surface area contributed by atoms with Gasteiger partial charge in [-0.2, -0.15) is 0 Å². The number of likely N-dealkylation sites (tertiary alicyclic amines) is 2. The molecule has 3 aliphatic heterocycles. The third-order valence-electron chi connectivity index (χ3n) is 6.90. The number of hydrogen-bond donors (Lipinski definition) is 0. The number of carbonyl (C=O) groups is 1. The highest BCUT2D eigenvalue weighted by molar-refractivity contribution is 5.96. The number of rotatable bonds is 3. The number of aromatic nitrogens is 3. The molecule has 2 aromatic rings. The third-order valence-corrected chi connectivity index (χ3v) is 6.90. The lowest BCUT2D eigenvalue weighted by atomic mass is 9.99. The molecule has 0 saturated carbocycles. The summed E-state index contributed by atoms with van der Waals surface area (Å²) in [6.45, 7) is 5.72. The number of carbonyl (C=O) groups excluding carboxylic acids is 1. The van der Waals surface area contributed by atoms with Gasteiger partial charge in [0.2, 0.25) is 0 Å². The number of imidazole rings is 1. The zero-order chi connectivity index (χ0) is 19.6. The lowest BCUT2D eigenvalue weighted by Gasteiger charge is -2.40. The molecule has 2 aromatic heterocycles. The Morgan fingerprint density at radius 1 is 0.931 bits per heavy atom. The second-order valence-electron chi connectivity index (χ2n) is 8.68. The van der Waals surface area contributed by atoms with Crippen molar-refractivity contribution in [2.24, 2.45) is 0 Å². The molecule has 0 unspecified atom stereocenters. The summed E-state index contributed by atoms with van der Waals surface area (Å²) >= 11 is 0. The minimum absolute atomic E-state index is 0.0945. The van der Waals surface area contributed by atoms with Gasteiger partial charge in [0.05, 0.1) is 11.9 Å². The third kappa shape index (κ3) is 3.90. The van der Waals surface area contributed by atoms with Crippen molar-refractivity contribution in [2.75, 3.05) is 39.4 Å². The van der Waals surface area contributed by atoms with Crippen LogP contribution in [0.2, 0.25) is 0 Å². The van der Waals surface area contributed by atoms with Crippen LogP contribution in [0, 0.1) is 0 Å². The summed E-state index contributed by atoms with van der Waals surface area (Å²) in [6, 6.07) is 2.95. The fourth-order valence-corrected chi connectivity index (χ4v) is 5.17. The predicted molar refractivity (Wildman–Crippen MR) is 111 cm³/mol. The largest absolute Gasteiger partial charge is 0.381 e. The van der Waals surface area contributed by atoms with Crippen molar-refractivity contribution in [3.8, 4) is 0 Å². The molecule has 5 heterocycles. The van der Waals surface area contributed by atoms with Gasteiger partial charge >= 0.3 is 0 Å². The zero-order valence-electron chi connectivity index (χ0n) is 17.1. The van der Waals surface area contributed by atoms with E-state index >= 15 is 0 Å². The van der Waals surface area contributed by atoms with Gasteiger partial charge in [0, 0.05) is 44.6 Å². The molecule has 0 aromatic carbocycles. The molecule has 0 atom stereocenters. The number of fused-ring (bicyclic) bond motifs is 1. The van der Waals surface area contributed by atoms with E-state index < -0.39 is 0 Å². The predicted octanol–water partition coefficient (Wildman–Crippen LogP) is 2.87. The first-order valence-corrected chi connectivity index (χ1v) is 11.2. The van der Waals surface area contributed by atoms with Gasteiger partial charge in [-0.15, -0.1) is 0 Å². The first-order chi connectivity index (χ1) is 14.3. The van der Waals surface area contributed by atoms with Crippen molar-refractivity contribution in [1.29, 1.82) is 0 Å². The van der Waals surface area contributed by atoms with E-state index in [9.17, 15) is 4.79 Å². The number of amides is 1. The zero-order valence-corrected chi connectivity index (χ0v) is 17.1. The Balaban J connectivity index is 1.25. The molecule has 7 heteroatoms. The first kappa shape index (κ1) is 19.0. The van der Waals surface area contributed by atoms with Crippen LogP contribution in [0.4, 0.5) is 0 Å². The SMILES string of the molecule is O=C(c1cnc2c(c1)ncn2C1CCOCC1)N1CCC(N2CCCCC2)CC1. The van der Waals surface area contributed by atoms with Crippen LogP contribution in [-0.2, 0) is 4.74 Å². The summed E-state index contributed by atoms with van der Waals surface area (Å²) in [5.74, 6) is 0.0945. The Labute approximate surface area is 172 Å². The summed E-state index contributed by atoms with van der Waals surface area (Å²) in [5.41, 5.74) is 2.34. The maximum atomic E-state index is 13.1. The molecule has 0 radical (unpaired) electrons. The summed E-state index contributed by atoms with van der Waals surface area (Å²) in [5, 5.41) is 0. The van der Waals surface area contributed by atoms with Crippen molar-refractivity contribution < 1.29 is 9.53 Å². The summed E-state index contributed by atoms with van der Waals surface area (Å²) in [6.07, 6.45) is 11.8. The molecule has 3 saturated heterocycles. The Morgan fingerprint density at radius 2 is 1.69 bits per heavy atom. The van der Waals surface area contributed by atoms with Crippen LogP contribution in [-0.4, -0.2) is 75.7 Å². The standard InChI is InChI=1S/C22H31N5O2/c28-22(26-10-4-18(5-11-26)25-8-2-1-3-9-25)17-14-20-21(23-15-17)27(16-24-20)19-6-12-29-13-7-19/h14-16,18-19H,1-13H2. The fourth-order valence-electron chi connectivity index (χ4n) is 5.17. The molecule has 0 N–H and O–H groups in total. The van der Waals surface area contributed by atoms with Crippen molar-refractivity contribution in [1.82, 2.24) is 24.3 Å². The monoisotopic (exact) mass is 397 g/mol. The van der Waals surface area contributed by atoms with Gasteiger partial charge < -0.3 is 19.1 Å². The smallest absolute Gasteiger partial charge is 0.255 e. The second kappa shape index (κ2) is 8.40. The minimum atomic E-state index is 0.0945. The van der Waals surface area contributed by atoms with Crippen LogP contribution >= 0.6 is 0 Å². The molecular formula is C22H31N5O2. The van der Waals surface area contributed by atoms with Gasteiger partial charge in [-0.1, -0.05) is 6.42 Å². The van der Waals surface area contributed by atoms with Crippen molar-refractivity contribution in [3.05, 3.63) is 24.2 Å². The summed E-state index contributed by atoms with van der Waals surface area (Å²) in [4.78, 5) is 26.9. The highest BCUT2D eigenvalue weighted by Crippen LogP contribution is 2.26. The van der Waals surface area contributed by atoms with E-state index in [0.717, 1.165) is 63.2 Å². The lowest BCUT2D eigenvalue weighted by Crippen LogP contribution is -2.48. The van der Waals surface area contributed by atoms with Crippen molar-refractivity contribution in [3.63, 3.8) is 0 Å². The quantitative estimate of drug-likeness (QED) is 0.797. The van der Waals surface area contributed by atoms with Crippen LogP contribution in [0.5, 0.6) is 0 Å². The lowest BCUT2D eigenvalue weighted by molar-refractivity contribution is 0.0589. The molecule has 29 heavy (non-hydrogen) atoms. The van der Waals surface area contributed by atoms with Gasteiger partial charge in [0.25, 0.3) is 5.91 Å². The number of hydrogen-bond acceptors (Lipinski definition) is 5. The Hall–Kier alpha value is -1.99. The van der Waals surface area contributed by atoms with E-state index in [1.807, 2.05) is 17.3 Å². The van der Waals surface area contributed by atoms with E-state index in [1.54, 1.807) is 6.20 Å². The molecule has 0 bridgehead atoms. The Morgan fingerprint density at radius 3 is 2.45 bits per heavy atom. The summed E-state index contributed by atoms with van der Waals surface area (Å²) < 4.78 is 7.62. The number of ether oxygens (including phenoxy) is 1. The highest BCUT2D eigenvalue weighted by atomic mass is 16.5. The number of piperidine rings is 2. The van der Waals surface area contributed by atoms with E-state index in [0.29, 0.717) is 17.6 Å². The Kier molecular flexibility index (Phi) is 5.50. The molecule has 7 nitrogen and oxygen atoms in total. The van der Waals surface area contributed by atoms with E-state index in [1.165, 1.54) is 32.4 Å². The summed E-state index contributed by atoms with van der Waals surface area (Å²) in [7, 11) is 0. The molecule has 5 rings (SSSR count). The molecular weight excluding hydrogens is 366 g/mol. The van der Waals surface area contributed by atoms with E-state index in [-0.39, 0.29) is 5.91 Å². The van der Waals surface area contributed by atoms with Crippen LogP contribution in [0.25, 0.3) is 11.2 Å². The van der Waals surface area contributed by atoms with Gasteiger partial charge in [0.1, 0.15) is 5.52 Å². The molecule has 1 amide bonds. The molecule has 0 aliphatic carbocycles. The van der Waals surface area contributed by atoms with Crippen LogP contribution in [0.3, 0.4) is 0 Å². The van der Waals surface area contributed by atoms with E-state index in [2.05, 4.69) is 19.4 Å². The molecule has 156 valence electrons. The maximum Gasteiger partial charge on any atom is 0.255 e. The van der Waals surface area contributed by atoms with Crippen molar-refractivity contribution >= 4 is 17.1 Å². The van der Waals surface area contributed by atoms with Gasteiger partial charge in [-0.05, 0) is 57.7 Å². The van der Waals surface area contributed by atoms with Gasteiger partial charge in [-0.3, -0.25) is 4.79 Å². The highest BCUT2D eigenvalue weighted by Gasteiger charge is 2.28. The topological polar surface area (TPSA) is 63.5 Å². The molecule has 3 aliphatic rings. The van der Waals surface area contributed by atoms with Crippen LogP contribution < -0.4 is 0 Å². The van der Waals surface area contributed by atoms with Crippen molar-refractivity contribution in [2.45, 2.75) is 57.0 Å². The number of pyridine rings is 1. The van der Waals surface area contributed by atoms with Gasteiger partial charge in [-0.25, -0.2) is 9.97 Å². The fraction of sp³-hybridized carbons (Fsp3) is 0.682. The van der Waals surface area contributed by atoms with Crippen LogP contribution in [0.15, 0.2) is 18.6 Å². The first-order valence-electron chi connectivity index (χ1n) is 11.2. The normalized spacial score (nSPS) is 23.0. The van der Waals surface area contributed by atoms with Gasteiger partial charge in [0.15, 0.2) is 5.65 Å². The molecule has 0 spiro atoms. The maximum absolute atomic E-state index is 13.1. The molecule has 3 fully saturated rings. The average Bonchev–Trinajstić information content (AvgIpc) is 3.23.